The second kappa shape index (κ2) is 4.67. The van der Waals surface area contributed by atoms with E-state index >= 15 is 0 Å². The van der Waals surface area contributed by atoms with Crippen LogP contribution in [0.3, 0.4) is 0 Å². The van der Waals surface area contributed by atoms with Gasteiger partial charge in [0.25, 0.3) is 10.0 Å². The quantitative estimate of drug-likeness (QED) is 0.807. The van der Waals surface area contributed by atoms with Gasteiger partial charge in [0.15, 0.2) is 5.82 Å². The molecule has 7 nitrogen and oxygen atoms in total. The molecule has 2 aliphatic heterocycles. The van der Waals surface area contributed by atoms with Gasteiger partial charge in [-0.25, -0.2) is 22.6 Å². The highest BCUT2D eigenvalue weighted by atomic mass is 32.2. The number of aromatic nitrogens is 1. The molecule has 2 aliphatic rings. The summed E-state index contributed by atoms with van der Waals surface area (Å²) in [5.74, 6) is -0.865. The van der Waals surface area contributed by atoms with Crippen molar-refractivity contribution in [1.82, 2.24) is 19.5 Å². The summed E-state index contributed by atoms with van der Waals surface area (Å²) in [5, 5.41) is 2.10. The molecular weight excluding hydrogens is 287 g/mol. The average molecular weight is 300 g/mol. The molecule has 1 aromatic rings. The van der Waals surface area contributed by atoms with Gasteiger partial charge >= 0.3 is 6.03 Å². The molecule has 1 atom stereocenters. The Balaban J connectivity index is 1.87. The Morgan fingerprint density at radius 1 is 1.40 bits per heavy atom. The predicted molar refractivity (Wildman–Crippen MR) is 66.8 cm³/mol. The fourth-order valence-corrected chi connectivity index (χ4v) is 3.92. The number of fused-ring (bicyclic) bond motifs is 1. The number of hydrogen-bond acceptors (Lipinski definition) is 4. The first kappa shape index (κ1) is 13.3. The molecule has 20 heavy (non-hydrogen) atoms. The Bertz CT molecular complexity index is 651. The van der Waals surface area contributed by atoms with Gasteiger partial charge in [-0.2, -0.15) is 4.31 Å². The van der Waals surface area contributed by atoms with Crippen molar-refractivity contribution >= 4 is 16.1 Å². The van der Waals surface area contributed by atoms with Crippen LogP contribution in [0.15, 0.2) is 23.4 Å². The molecule has 0 bridgehead atoms. The summed E-state index contributed by atoms with van der Waals surface area (Å²) in [6.07, 6.45) is 1.24. The summed E-state index contributed by atoms with van der Waals surface area (Å²) in [6, 6.07) is 2.01. The number of pyridine rings is 1. The van der Waals surface area contributed by atoms with Crippen molar-refractivity contribution in [3.63, 3.8) is 0 Å². The molecule has 1 aromatic heterocycles. The molecule has 0 aromatic carbocycles. The fraction of sp³-hybridized carbons (Fsp3) is 0.455. The molecule has 9 heteroatoms. The number of nitrogens with one attached hydrogen (secondary N) is 1. The topological polar surface area (TPSA) is 82.6 Å². The van der Waals surface area contributed by atoms with Gasteiger partial charge in [-0.1, -0.05) is 0 Å². The van der Waals surface area contributed by atoms with Crippen LogP contribution in [0.25, 0.3) is 0 Å². The van der Waals surface area contributed by atoms with Crippen molar-refractivity contribution < 1.29 is 17.6 Å². The van der Waals surface area contributed by atoms with Crippen molar-refractivity contribution in [3.8, 4) is 0 Å². The van der Waals surface area contributed by atoms with E-state index in [0.717, 1.165) is 6.07 Å². The first-order valence-electron chi connectivity index (χ1n) is 6.15. The number of sulfonamides is 1. The molecule has 3 rings (SSSR count). The number of piperazine rings is 1. The standard InChI is InChI=1S/C11H13FN4O3S/c12-9-2-1-3-13-10(9)20(18,19)15-4-5-16-8(7-15)6-14-11(16)17/h1-3,8H,4-7H2,(H,14,17). The summed E-state index contributed by atoms with van der Waals surface area (Å²) >= 11 is 0. The van der Waals surface area contributed by atoms with Crippen LogP contribution in [0.2, 0.25) is 0 Å². The first-order valence-corrected chi connectivity index (χ1v) is 7.59. The summed E-state index contributed by atoms with van der Waals surface area (Å²) in [6.45, 7) is 0.985. The van der Waals surface area contributed by atoms with Crippen LogP contribution in [0, 0.1) is 5.82 Å². The molecule has 1 N–H and O–H groups in total. The number of urea groups is 1. The highest BCUT2D eigenvalue weighted by Crippen LogP contribution is 2.22. The van der Waals surface area contributed by atoms with Crippen LogP contribution < -0.4 is 5.32 Å². The average Bonchev–Trinajstić information content (AvgIpc) is 2.80. The fourth-order valence-electron chi connectivity index (χ4n) is 2.48. The zero-order valence-electron chi connectivity index (χ0n) is 10.5. The maximum Gasteiger partial charge on any atom is 0.317 e. The second-order valence-electron chi connectivity index (χ2n) is 4.69. The summed E-state index contributed by atoms with van der Waals surface area (Å²) in [5.41, 5.74) is 0. The molecule has 2 saturated heterocycles. The number of carbonyl (C=O) groups excluding carboxylic acids is 1. The Kier molecular flexibility index (Phi) is 3.09. The van der Waals surface area contributed by atoms with Crippen LogP contribution >= 0.6 is 0 Å². The van der Waals surface area contributed by atoms with Gasteiger partial charge in [0.1, 0.15) is 0 Å². The van der Waals surface area contributed by atoms with Gasteiger partial charge in [-0.05, 0) is 12.1 Å². The maximum absolute atomic E-state index is 13.6. The van der Waals surface area contributed by atoms with Crippen molar-refractivity contribution in [2.24, 2.45) is 0 Å². The van der Waals surface area contributed by atoms with Gasteiger partial charge in [0, 0.05) is 32.4 Å². The first-order chi connectivity index (χ1) is 9.50. The van der Waals surface area contributed by atoms with Crippen molar-refractivity contribution in [2.45, 2.75) is 11.1 Å². The van der Waals surface area contributed by atoms with Crippen molar-refractivity contribution in [2.75, 3.05) is 26.2 Å². The molecule has 2 amide bonds. The van der Waals surface area contributed by atoms with E-state index < -0.39 is 20.9 Å². The van der Waals surface area contributed by atoms with E-state index in [1.807, 2.05) is 0 Å². The predicted octanol–water partition coefficient (Wildman–Crippen LogP) is -0.381. The number of amides is 2. The largest absolute Gasteiger partial charge is 0.336 e. The van der Waals surface area contributed by atoms with E-state index in [9.17, 15) is 17.6 Å². The zero-order chi connectivity index (χ0) is 14.3. The lowest BCUT2D eigenvalue weighted by Gasteiger charge is -2.35. The van der Waals surface area contributed by atoms with Gasteiger partial charge in [-0.15, -0.1) is 0 Å². The highest BCUT2D eigenvalue weighted by Gasteiger charge is 2.40. The number of rotatable bonds is 2. The van der Waals surface area contributed by atoms with Crippen LogP contribution in [-0.4, -0.2) is 60.9 Å². The molecule has 0 saturated carbocycles. The Labute approximate surface area is 115 Å². The number of hydrogen-bond donors (Lipinski definition) is 1. The molecule has 108 valence electrons. The third kappa shape index (κ3) is 2.02. The minimum atomic E-state index is -3.97. The molecule has 0 aliphatic carbocycles. The van der Waals surface area contributed by atoms with E-state index in [1.165, 1.54) is 16.6 Å². The van der Waals surface area contributed by atoms with Gasteiger partial charge in [0.05, 0.1) is 6.04 Å². The van der Waals surface area contributed by atoms with Gasteiger partial charge in [0.2, 0.25) is 5.03 Å². The third-order valence-corrected chi connectivity index (χ3v) is 5.30. The van der Waals surface area contributed by atoms with Gasteiger partial charge in [-0.3, -0.25) is 0 Å². The van der Waals surface area contributed by atoms with Crippen LogP contribution in [0.4, 0.5) is 9.18 Å². The van der Waals surface area contributed by atoms with E-state index in [1.54, 1.807) is 4.90 Å². The van der Waals surface area contributed by atoms with E-state index in [0.29, 0.717) is 13.1 Å². The smallest absolute Gasteiger partial charge is 0.317 e. The zero-order valence-corrected chi connectivity index (χ0v) is 11.3. The van der Waals surface area contributed by atoms with Crippen LogP contribution in [0.1, 0.15) is 0 Å². The number of nitrogens with zero attached hydrogens (tertiary/aromatic N) is 3. The van der Waals surface area contributed by atoms with Gasteiger partial charge < -0.3 is 10.2 Å². The molecule has 2 fully saturated rings. The highest BCUT2D eigenvalue weighted by molar-refractivity contribution is 7.89. The Morgan fingerprint density at radius 2 is 2.20 bits per heavy atom. The summed E-state index contributed by atoms with van der Waals surface area (Å²) < 4.78 is 39.6. The lowest BCUT2D eigenvalue weighted by atomic mass is 10.2. The minimum absolute atomic E-state index is 0.141. The molecule has 3 heterocycles. The molecular formula is C11H13FN4O3S. The molecule has 0 radical (unpaired) electrons. The summed E-state index contributed by atoms with van der Waals surface area (Å²) in [4.78, 5) is 16.7. The van der Waals surface area contributed by atoms with E-state index in [2.05, 4.69) is 10.3 Å². The monoisotopic (exact) mass is 300 g/mol. The SMILES string of the molecule is O=C1NCC2CN(S(=O)(=O)c3ncccc3F)CCN12. The number of halogens is 1. The maximum atomic E-state index is 13.6. The van der Waals surface area contributed by atoms with Crippen molar-refractivity contribution in [1.29, 1.82) is 0 Å². The molecule has 0 spiro atoms. The third-order valence-electron chi connectivity index (χ3n) is 3.50. The summed E-state index contributed by atoms with van der Waals surface area (Å²) in [7, 11) is -3.97. The minimum Gasteiger partial charge on any atom is -0.336 e. The Hall–Kier alpha value is -1.74. The van der Waals surface area contributed by atoms with Crippen molar-refractivity contribution in [3.05, 3.63) is 24.1 Å². The van der Waals surface area contributed by atoms with E-state index in [-0.39, 0.29) is 25.2 Å². The second-order valence-corrected chi connectivity index (χ2v) is 6.54. The Morgan fingerprint density at radius 3 is 2.95 bits per heavy atom. The number of carbonyl (C=O) groups is 1. The van der Waals surface area contributed by atoms with Crippen LogP contribution in [-0.2, 0) is 10.0 Å². The molecule has 1 unspecified atom stereocenters. The van der Waals surface area contributed by atoms with Crippen LogP contribution in [0.5, 0.6) is 0 Å². The lowest BCUT2D eigenvalue weighted by Crippen LogP contribution is -2.53. The van der Waals surface area contributed by atoms with E-state index in [4.69, 9.17) is 0 Å². The normalized spacial score (nSPS) is 23.6. The lowest BCUT2D eigenvalue weighted by molar-refractivity contribution is 0.164.